The Balaban J connectivity index is 0.00000147. The first-order chi connectivity index (χ1) is 9.42. The lowest BCUT2D eigenvalue weighted by Crippen LogP contribution is -2.42. The second-order valence-corrected chi connectivity index (χ2v) is 5.09. The fourth-order valence-electron chi connectivity index (χ4n) is 2.56. The van der Waals surface area contributed by atoms with Gasteiger partial charge >= 0.3 is 0 Å². The molecule has 1 N–H and O–H groups in total. The van der Waals surface area contributed by atoms with Crippen LogP contribution >= 0.6 is 12.4 Å². The topological polar surface area (TPSA) is 15.3 Å². The molecule has 3 heteroatoms. The quantitative estimate of drug-likeness (QED) is 0.933. The largest absolute Gasteiger partial charge is 0.314 e. The third-order valence-corrected chi connectivity index (χ3v) is 3.68. The Labute approximate surface area is 127 Å². The first kappa shape index (κ1) is 15.0. The van der Waals surface area contributed by atoms with Gasteiger partial charge < -0.3 is 5.32 Å². The van der Waals surface area contributed by atoms with Crippen LogP contribution in [0.5, 0.6) is 0 Å². The molecular weight excluding hydrogens is 268 g/mol. The highest BCUT2D eigenvalue weighted by Crippen LogP contribution is 2.19. The molecule has 0 aliphatic carbocycles. The molecule has 1 fully saturated rings. The van der Waals surface area contributed by atoms with Gasteiger partial charge in [-0.1, -0.05) is 54.6 Å². The maximum Gasteiger partial charge on any atom is 0.0234 e. The van der Waals surface area contributed by atoms with E-state index in [1.54, 1.807) is 0 Å². The number of nitrogens with one attached hydrogen (secondary N) is 1. The minimum atomic E-state index is 0. The van der Waals surface area contributed by atoms with Crippen LogP contribution in [-0.2, 0) is 6.54 Å². The Morgan fingerprint density at radius 1 is 0.800 bits per heavy atom. The van der Waals surface area contributed by atoms with Gasteiger partial charge in [-0.25, -0.2) is 0 Å². The van der Waals surface area contributed by atoms with Gasteiger partial charge in [-0.3, -0.25) is 4.90 Å². The number of piperazine rings is 1. The summed E-state index contributed by atoms with van der Waals surface area (Å²) in [5, 5.41) is 3.39. The molecule has 0 saturated carbocycles. The molecule has 0 bridgehead atoms. The summed E-state index contributed by atoms with van der Waals surface area (Å²) in [6.45, 7) is 5.60. The van der Waals surface area contributed by atoms with Gasteiger partial charge in [0.15, 0.2) is 0 Å². The molecule has 2 aromatic carbocycles. The van der Waals surface area contributed by atoms with E-state index in [2.05, 4.69) is 64.8 Å². The van der Waals surface area contributed by atoms with Gasteiger partial charge in [-0.05, 0) is 16.7 Å². The average molecular weight is 289 g/mol. The van der Waals surface area contributed by atoms with Crippen LogP contribution in [-0.4, -0.2) is 31.1 Å². The smallest absolute Gasteiger partial charge is 0.0234 e. The van der Waals surface area contributed by atoms with E-state index in [1.165, 1.54) is 16.7 Å². The Hall–Kier alpha value is -1.35. The van der Waals surface area contributed by atoms with Crippen LogP contribution in [0.2, 0.25) is 0 Å². The van der Waals surface area contributed by atoms with Crippen molar-refractivity contribution in [2.45, 2.75) is 6.54 Å². The highest BCUT2D eigenvalue weighted by Gasteiger charge is 2.09. The Morgan fingerprint density at radius 2 is 1.40 bits per heavy atom. The highest BCUT2D eigenvalue weighted by molar-refractivity contribution is 5.85. The van der Waals surface area contributed by atoms with Crippen molar-refractivity contribution in [1.29, 1.82) is 0 Å². The molecule has 0 aromatic heterocycles. The second-order valence-electron chi connectivity index (χ2n) is 5.09. The standard InChI is InChI=1S/C17H20N2.ClH/c1-2-4-16(5-3-1)17-8-6-15(7-9-17)14-19-12-10-18-11-13-19;/h1-9,18H,10-14H2;1H. The Morgan fingerprint density at radius 3 is 2.05 bits per heavy atom. The predicted molar refractivity (Wildman–Crippen MR) is 87.3 cm³/mol. The van der Waals surface area contributed by atoms with E-state index in [-0.39, 0.29) is 12.4 Å². The SMILES string of the molecule is Cl.c1ccc(-c2ccc(CN3CCNCC3)cc2)cc1. The van der Waals surface area contributed by atoms with Crippen LogP contribution in [0.15, 0.2) is 54.6 Å². The molecule has 2 aromatic rings. The molecule has 2 nitrogen and oxygen atoms in total. The molecule has 1 heterocycles. The number of benzene rings is 2. The number of hydrogen-bond acceptors (Lipinski definition) is 2. The van der Waals surface area contributed by atoms with Crippen LogP contribution in [0.3, 0.4) is 0 Å². The van der Waals surface area contributed by atoms with E-state index >= 15 is 0 Å². The molecule has 20 heavy (non-hydrogen) atoms. The van der Waals surface area contributed by atoms with Crippen LogP contribution in [0, 0.1) is 0 Å². The highest BCUT2D eigenvalue weighted by atomic mass is 35.5. The molecule has 0 atom stereocenters. The van der Waals surface area contributed by atoms with Crippen molar-refractivity contribution < 1.29 is 0 Å². The Bertz CT molecular complexity index is 504. The molecule has 0 spiro atoms. The number of rotatable bonds is 3. The van der Waals surface area contributed by atoms with Crippen molar-refractivity contribution in [3.8, 4) is 11.1 Å². The minimum absolute atomic E-state index is 0. The first-order valence-corrected chi connectivity index (χ1v) is 6.99. The van der Waals surface area contributed by atoms with Crippen LogP contribution in [0.4, 0.5) is 0 Å². The molecule has 1 aliphatic rings. The fourth-order valence-corrected chi connectivity index (χ4v) is 2.56. The van der Waals surface area contributed by atoms with Gasteiger partial charge in [0.25, 0.3) is 0 Å². The van der Waals surface area contributed by atoms with Gasteiger partial charge in [0, 0.05) is 32.7 Å². The summed E-state index contributed by atoms with van der Waals surface area (Å²) in [5.74, 6) is 0. The van der Waals surface area contributed by atoms with E-state index < -0.39 is 0 Å². The van der Waals surface area contributed by atoms with E-state index in [9.17, 15) is 0 Å². The lowest BCUT2D eigenvalue weighted by Gasteiger charge is -2.27. The normalized spacial score (nSPS) is 15.6. The summed E-state index contributed by atoms with van der Waals surface area (Å²) in [6.07, 6.45) is 0. The molecule has 1 aliphatic heterocycles. The monoisotopic (exact) mass is 288 g/mol. The van der Waals surface area contributed by atoms with Gasteiger partial charge in [-0.2, -0.15) is 0 Å². The predicted octanol–water partition coefficient (Wildman–Crippen LogP) is 3.18. The lowest BCUT2D eigenvalue weighted by atomic mass is 10.0. The summed E-state index contributed by atoms with van der Waals surface area (Å²) in [6, 6.07) is 19.5. The molecule has 106 valence electrons. The average Bonchev–Trinajstić information content (AvgIpc) is 2.50. The Kier molecular flexibility index (Phi) is 5.60. The zero-order chi connectivity index (χ0) is 12.9. The summed E-state index contributed by atoms with van der Waals surface area (Å²) in [7, 11) is 0. The van der Waals surface area contributed by atoms with Crippen molar-refractivity contribution >= 4 is 12.4 Å². The second kappa shape index (κ2) is 7.44. The van der Waals surface area contributed by atoms with Gasteiger partial charge in [0.05, 0.1) is 0 Å². The molecule has 0 radical (unpaired) electrons. The summed E-state index contributed by atoms with van der Waals surface area (Å²) >= 11 is 0. The van der Waals surface area contributed by atoms with E-state index in [1.807, 2.05) is 0 Å². The summed E-state index contributed by atoms with van der Waals surface area (Å²) in [4.78, 5) is 2.51. The van der Waals surface area contributed by atoms with E-state index in [0.29, 0.717) is 0 Å². The van der Waals surface area contributed by atoms with E-state index in [4.69, 9.17) is 0 Å². The third-order valence-electron chi connectivity index (χ3n) is 3.68. The van der Waals surface area contributed by atoms with Crippen molar-refractivity contribution in [2.24, 2.45) is 0 Å². The molecular formula is C17H21ClN2. The molecule has 3 rings (SSSR count). The van der Waals surface area contributed by atoms with Gasteiger partial charge in [0.2, 0.25) is 0 Å². The number of hydrogen-bond donors (Lipinski definition) is 1. The van der Waals surface area contributed by atoms with Gasteiger partial charge in [0.1, 0.15) is 0 Å². The zero-order valence-electron chi connectivity index (χ0n) is 11.6. The van der Waals surface area contributed by atoms with Gasteiger partial charge in [-0.15, -0.1) is 12.4 Å². The number of nitrogens with zero attached hydrogens (tertiary/aromatic N) is 1. The fraction of sp³-hybridized carbons (Fsp3) is 0.294. The maximum atomic E-state index is 3.39. The van der Waals surface area contributed by atoms with Crippen LogP contribution in [0.1, 0.15) is 5.56 Å². The van der Waals surface area contributed by atoms with Crippen molar-refractivity contribution in [3.63, 3.8) is 0 Å². The van der Waals surface area contributed by atoms with Crippen molar-refractivity contribution in [3.05, 3.63) is 60.2 Å². The summed E-state index contributed by atoms with van der Waals surface area (Å²) in [5.41, 5.74) is 3.99. The molecule has 0 amide bonds. The van der Waals surface area contributed by atoms with Crippen molar-refractivity contribution in [2.75, 3.05) is 26.2 Å². The number of halogens is 1. The van der Waals surface area contributed by atoms with Crippen LogP contribution in [0.25, 0.3) is 11.1 Å². The third kappa shape index (κ3) is 3.83. The van der Waals surface area contributed by atoms with Crippen LogP contribution < -0.4 is 5.32 Å². The first-order valence-electron chi connectivity index (χ1n) is 6.99. The minimum Gasteiger partial charge on any atom is -0.314 e. The zero-order valence-corrected chi connectivity index (χ0v) is 12.4. The lowest BCUT2D eigenvalue weighted by molar-refractivity contribution is 0.233. The summed E-state index contributed by atoms with van der Waals surface area (Å²) < 4.78 is 0. The van der Waals surface area contributed by atoms with Crippen molar-refractivity contribution in [1.82, 2.24) is 10.2 Å². The molecule has 0 unspecified atom stereocenters. The molecule has 1 saturated heterocycles. The van der Waals surface area contributed by atoms with E-state index in [0.717, 1.165) is 32.7 Å². The maximum absolute atomic E-state index is 3.39.